The topological polar surface area (TPSA) is 87.7 Å². The molecular weight excluding hydrogens is 538 g/mol. The highest BCUT2D eigenvalue weighted by Gasteiger charge is 2.44. The van der Waals surface area contributed by atoms with E-state index in [-0.39, 0.29) is 17.7 Å². The summed E-state index contributed by atoms with van der Waals surface area (Å²) in [5, 5.41) is 8.05. The van der Waals surface area contributed by atoms with Gasteiger partial charge in [-0.05, 0) is 100 Å². The Balaban J connectivity index is 2.16. The molecule has 3 atom stereocenters. The van der Waals surface area contributed by atoms with E-state index in [9.17, 15) is 14.4 Å². The lowest BCUT2D eigenvalue weighted by atomic mass is 9.87. The van der Waals surface area contributed by atoms with Crippen molar-refractivity contribution in [3.63, 3.8) is 0 Å². The molecule has 0 saturated carbocycles. The Hall–Kier alpha value is -3.87. The predicted octanol–water partition coefficient (Wildman–Crippen LogP) is 8.09. The van der Waals surface area contributed by atoms with Crippen molar-refractivity contribution in [1.29, 1.82) is 0 Å². The number of rotatable bonds is 10. The van der Waals surface area contributed by atoms with E-state index in [1.807, 2.05) is 109 Å². The van der Waals surface area contributed by atoms with Crippen LogP contribution in [0.5, 0.6) is 0 Å². The Kier molecular flexibility index (Phi) is 10.7. The van der Waals surface area contributed by atoms with Gasteiger partial charge in [0.25, 0.3) is 5.91 Å². The first-order chi connectivity index (χ1) is 20.1. The Bertz CT molecular complexity index is 1460. The average molecular weight is 588 g/mol. The van der Waals surface area contributed by atoms with Gasteiger partial charge in [-0.15, -0.1) is 0 Å². The molecule has 3 aromatic rings. The van der Waals surface area contributed by atoms with Crippen molar-refractivity contribution in [2.75, 3.05) is 5.32 Å². The van der Waals surface area contributed by atoms with E-state index in [4.69, 9.17) is 4.74 Å². The number of nitrogens with zero attached hydrogens (tertiary/aromatic N) is 1. The van der Waals surface area contributed by atoms with Crippen LogP contribution in [-0.2, 0) is 14.3 Å². The monoisotopic (exact) mass is 587 g/mol. The van der Waals surface area contributed by atoms with Crippen LogP contribution in [0.25, 0.3) is 10.8 Å². The minimum Gasteiger partial charge on any atom is -0.444 e. The molecule has 7 nitrogen and oxygen atoms in total. The number of hydrogen-bond donors (Lipinski definition) is 2. The molecule has 0 spiro atoms. The van der Waals surface area contributed by atoms with Gasteiger partial charge in [0.15, 0.2) is 0 Å². The molecule has 3 aromatic carbocycles. The van der Waals surface area contributed by atoms with Gasteiger partial charge in [-0.3, -0.25) is 9.59 Å². The summed E-state index contributed by atoms with van der Waals surface area (Å²) < 4.78 is 5.55. The molecule has 0 fully saturated rings. The minimum absolute atomic E-state index is 0.210. The van der Waals surface area contributed by atoms with Crippen LogP contribution in [0.1, 0.15) is 91.0 Å². The van der Waals surface area contributed by atoms with Crippen LogP contribution < -0.4 is 10.6 Å². The lowest BCUT2D eigenvalue weighted by Crippen LogP contribution is -2.60. The van der Waals surface area contributed by atoms with E-state index in [1.165, 1.54) is 0 Å². The zero-order valence-corrected chi connectivity index (χ0v) is 27.5. The van der Waals surface area contributed by atoms with E-state index in [1.54, 1.807) is 25.7 Å². The molecule has 3 amide bonds. The van der Waals surface area contributed by atoms with Crippen molar-refractivity contribution in [3.05, 3.63) is 77.4 Å². The van der Waals surface area contributed by atoms with Crippen molar-refractivity contribution < 1.29 is 19.1 Å². The first-order valence-corrected chi connectivity index (χ1v) is 15.3. The normalized spacial score (nSPS) is 14.0. The average Bonchev–Trinajstić information content (AvgIpc) is 2.94. The molecule has 0 heterocycles. The summed E-state index contributed by atoms with van der Waals surface area (Å²) in [4.78, 5) is 43.9. The van der Waals surface area contributed by atoms with Gasteiger partial charge in [-0.1, -0.05) is 75.7 Å². The number of nitrogens with one attached hydrogen (secondary N) is 2. The first-order valence-electron chi connectivity index (χ1n) is 15.3. The van der Waals surface area contributed by atoms with Gasteiger partial charge in [0.1, 0.15) is 17.7 Å². The molecule has 43 heavy (non-hydrogen) atoms. The lowest BCUT2D eigenvalue weighted by Gasteiger charge is -2.45. The summed E-state index contributed by atoms with van der Waals surface area (Å²) in [5.41, 5.74) is 1.88. The maximum atomic E-state index is 14.8. The molecule has 0 aliphatic carbocycles. The fourth-order valence-corrected chi connectivity index (χ4v) is 5.16. The van der Waals surface area contributed by atoms with Gasteiger partial charge in [0, 0.05) is 11.2 Å². The van der Waals surface area contributed by atoms with Crippen LogP contribution in [0.2, 0.25) is 0 Å². The number of carbonyl (C=O) groups is 3. The molecule has 0 bridgehead atoms. The number of aryl methyl sites for hydroxylation is 1. The largest absolute Gasteiger partial charge is 0.444 e. The number of anilines is 1. The number of fused-ring (bicyclic) bond motifs is 1. The van der Waals surface area contributed by atoms with E-state index in [2.05, 4.69) is 10.6 Å². The summed E-state index contributed by atoms with van der Waals surface area (Å²) in [7, 11) is 0. The van der Waals surface area contributed by atoms with Crippen molar-refractivity contribution in [2.45, 2.75) is 105 Å². The second kappa shape index (κ2) is 13.6. The number of ether oxygens (including phenoxy) is 1. The third kappa shape index (κ3) is 8.15. The molecule has 0 saturated heterocycles. The van der Waals surface area contributed by atoms with E-state index in [0.717, 1.165) is 27.5 Å². The zero-order valence-electron chi connectivity index (χ0n) is 27.5. The summed E-state index contributed by atoms with van der Waals surface area (Å²) in [5.74, 6) is -0.858. The molecule has 0 aliphatic rings. The third-order valence-corrected chi connectivity index (χ3v) is 8.37. The minimum atomic E-state index is -0.958. The maximum Gasteiger partial charge on any atom is 0.408 e. The van der Waals surface area contributed by atoms with Crippen LogP contribution in [0.4, 0.5) is 10.5 Å². The Morgan fingerprint density at radius 1 is 0.884 bits per heavy atom. The second-order valence-electron chi connectivity index (χ2n) is 13.1. The SMILES string of the molecule is CCC(C)C(NC(=O)OC(C)(C)C)C(=O)N(C(C(=O)Nc1ccc2ccccc2c1)c1cccc(C)c1C)C(C)(C)CC. The number of carbonyl (C=O) groups excluding carboxylic acids is 3. The Labute approximate surface area is 257 Å². The van der Waals surface area contributed by atoms with Gasteiger partial charge in [0.05, 0.1) is 0 Å². The number of hydrogen-bond acceptors (Lipinski definition) is 4. The number of amides is 3. The lowest BCUT2D eigenvalue weighted by molar-refractivity contribution is -0.148. The molecule has 0 radical (unpaired) electrons. The van der Waals surface area contributed by atoms with Crippen LogP contribution in [0.15, 0.2) is 60.7 Å². The summed E-state index contributed by atoms with van der Waals surface area (Å²) >= 11 is 0. The van der Waals surface area contributed by atoms with Gasteiger partial charge < -0.3 is 20.3 Å². The van der Waals surface area contributed by atoms with E-state index in [0.29, 0.717) is 18.5 Å². The summed E-state index contributed by atoms with van der Waals surface area (Å²) in [6.07, 6.45) is 0.567. The highest BCUT2D eigenvalue weighted by molar-refractivity contribution is 6.01. The fraction of sp³-hybridized carbons (Fsp3) is 0.472. The highest BCUT2D eigenvalue weighted by atomic mass is 16.6. The van der Waals surface area contributed by atoms with Gasteiger partial charge in [-0.2, -0.15) is 0 Å². The summed E-state index contributed by atoms with van der Waals surface area (Å²) in [6.45, 7) is 19.2. The zero-order chi connectivity index (χ0) is 32.1. The molecule has 0 aromatic heterocycles. The third-order valence-electron chi connectivity index (χ3n) is 8.37. The first kappa shape index (κ1) is 33.6. The van der Waals surface area contributed by atoms with Gasteiger partial charge in [0.2, 0.25) is 5.91 Å². The van der Waals surface area contributed by atoms with E-state index >= 15 is 0 Å². The predicted molar refractivity (Wildman–Crippen MR) is 175 cm³/mol. The molecule has 7 heteroatoms. The second-order valence-corrected chi connectivity index (χ2v) is 13.1. The van der Waals surface area contributed by atoms with Crippen molar-refractivity contribution in [1.82, 2.24) is 10.2 Å². The molecular formula is C36H49N3O4. The van der Waals surface area contributed by atoms with Crippen LogP contribution in [0.3, 0.4) is 0 Å². The van der Waals surface area contributed by atoms with Crippen LogP contribution >= 0.6 is 0 Å². The molecule has 2 N–H and O–H groups in total. The van der Waals surface area contributed by atoms with Crippen molar-refractivity contribution in [3.8, 4) is 0 Å². The van der Waals surface area contributed by atoms with Gasteiger partial charge in [-0.25, -0.2) is 4.79 Å². The highest BCUT2D eigenvalue weighted by Crippen LogP contribution is 2.36. The Morgan fingerprint density at radius 2 is 1.53 bits per heavy atom. The Morgan fingerprint density at radius 3 is 2.14 bits per heavy atom. The van der Waals surface area contributed by atoms with E-state index < -0.39 is 29.3 Å². The van der Waals surface area contributed by atoms with Crippen LogP contribution in [-0.4, -0.2) is 40.0 Å². The van der Waals surface area contributed by atoms with Crippen molar-refractivity contribution in [2.24, 2.45) is 5.92 Å². The molecule has 232 valence electrons. The quantitative estimate of drug-likeness (QED) is 0.251. The molecule has 3 rings (SSSR count). The number of alkyl carbamates (subject to hydrolysis) is 1. The molecule has 0 aliphatic heterocycles. The van der Waals surface area contributed by atoms with Gasteiger partial charge >= 0.3 is 6.09 Å². The van der Waals surface area contributed by atoms with Crippen LogP contribution in [0, 0.1) is 19.8 Å². The standard InChI is InChI=1S/C36H49N3O4/c1-11-23(3)30(38-34(42)43-35(6,7)8)33(41)39(36(9,10)12-2)31(29-19-15-16-24(4)25(29)5)32(40)37-28-21-20-26-17-13-14-18-27(26)22-28/h13-23,30-31H,11-12H2,1-10H3,(H,37,40)(H,38,42). The fourth-order valence-electron chi connectivity index (χ4n) is 5.16. The molecule has 3 unspecified atom stereocenters. The number of benzene rings is 3. The smallest absolute Gasteiger partial charge is 0.408 e. The maximum absolute atomic E-state index is 14.8. The summed E-state index contributed by atoms with van der Waals surface area (Å²) in [6, 6.07) is 17.7. The van der Waals surface area contributed by atoms with Crippen molar-refractivity contribution >= 4 is 34.4 Å².